The van der Waals surface area contributed by atoms with Gasteiger partial charge in [0.1, 0.15) is 5.69 Å². The number of nitrogens with two attached hydrogens (primary N) is 1. The molecule has 1 heterocycles. The Kier molecular flexibility index (Phi) is 8.00. The van der Waals surface area contributed by atoms with Crippen molar-refractivity contribution in [1.29, 1.82) is 0 Å². The van der Waals surface area contributed by atoms with Crippen molar-refractivity contribution in [2.24, 2.45) is 5.73 Å². The van der Waals surface area contributed by atoms with E-state index in [1.165, 1.54) is 36.5 Å². The summed E-state index contributed by atoms with van der Waals surface area (Å²) >= 11 is 2.49. The van der Waals surface area contributed by atoms with Gasteiger partial charge in [0, 0.05) is 34.4 Å². The van der Waals surface area contributed by atoms with E-state index < -0.39 is 63.4 Å². The van der Waals surface area contributed by atoms with E-state index in [4.69, 9.17) is 5.73 Å². The van der Waals surface area contributed by atoms with Crippen LogP contribution in [0.3, 0.4) is 0 Å². The van der Waals surface area contributed by atoms with Crippen molar-refractivity contribution in [3.8, 4) is 11.1 Å². The summed E-state index contributed by atoms with van der Waals surface area (Å²) in [4.78, 5) is 29.4. The fourth-order valence-corrected chi connectivity index (χ4v) is 4.57. The predicted octanol–water partition coefficient (Wildman–Crippen LogP) is 7.19. The molecule has 16 heteroatoms. The number of nitrogens with zero attached hydrogens (tertiary/aromatic N) is 2. The predicted molar refractivity (Wildman–Crippen MR) is 125 cm³/mol. The van der Waals surface area contributed by atoms with Crippen LogP contribution in [0.25, 0.3) is 11.1 Å². The molecular weight excluding hydrogens is 632 g/mol. The van der Waals surface area contributed by atoms with Gasteiger partial charge in [0.15, 0.2) is 0 Å². The number of alkyl halides is 10. The Morgan fingerprint density at radius 1 is 0.850 bits per heavy atom. The van der Waals surface area contributed by atoms with E-state index >= 15 is 0 Å². The SMILES string of the molecule is CN(C(=O)c1ccccc1-c1cccnc1C(N)=O)c1c(Br)cc(C(F)(C(F)(F)F)C(F)(F)F)cc1C(F)(F)F. The second kappa shape index (κ2) is 10.4. The average Bonchev–Trinajstić information content (AvgIpc) is 2.85. The van der Waals surface area contributed by atoms with Gasteiger partial charge in [-0.25, -0.2) is 4.39 Å². The number of amides is 2. The van der Waals surface area contributed by atoms with Crippen molar-refractivity contribution in [2.75, 3.05) is 11.9 Å². The first-order valence-electron chi connectivity index (χ1n) is 10.6. The van der Waals surface area contributed by atoms with Gasteiger partial charge in [-0.2, -0.15) is 39.5 Å². The van der Waals surface area contributed by atoms with Gasteiger partial charge in [-0.05, 0) is 45.8 Å². The molecule has 1 aromatic heterocycles. The van der Waals surface area contributed by atoms with E-state index in [1.54, 1.807) is 0 Å². The maximum Gasteiger partial charge on any atom is 0.435 e. The minimum Gasteiger partial charge on any atom is -0.364 e. The molecule has 0 fully saturated rings. The van der Waals surface area contributed by atoms with Gasteiger partial charge in [0.05, 0.1) is 11.3 Å². The molecule has 0 aliphatic heterocycles. The number of rotatable bonds is 5. The average molecular weight is 646 g/mol. The van der Waals surface area contributed by atoms with Gasteiger partial charge >= 0.3 is 24.2 Å². The van der Waals surface area contributed by atoms with Crippen molar-refractivity contribution in [2.45, 2.75) is 24.2 Å². The number of carbonyl (C=O) groups is 2. The summed E-state index contributed by atoms with van der Waals surface area (Å²) in [6, 6.07) is 7.08. The molecule has 40 heavy (non-hydrogen) atoms. The van der Waals surface area contributed by atoms with E-state index in [0.717, 1.165) is 13.1 Å². The van der Waals surface area contributed by atoms with Crippen molar-refractivity contribution in [3.05, 3.63) is 81.6 Å². The third kappa shape index (κ3) is 5.36. The maximum absolute atomic E-state index is 14.6. The largest absolute Gasteiger partial charge is 0.435 e. The van der Waals surface area contributed by atoms with Crippen LogP contribution in [0.1, 0.15) is 32.0 Å². The van der Waals surface area contributed by atoms with Crippen molar-refractivity contribution in [3.63, 3.8) is 0 Å². The molecule has 3 rings (SSSR count). The van der Waals surface area contributed by atoms with E-state index in [2.05, 4.69) is 20.9 Å². The zero-order valence-corrected chi connectivity index (χ0v) is 21.2. The van der Waals surface area contributed by atoms with Gasteiger partial charge in [-0.1, -0.05) is 24.3 Å². The van der Waals surface area contributed by atoms with E-state index in [0.29, 0.717) is 4.90 Å². The van der Waals surface area contributed by atoms with Crippen LogP contribution in [0.5, 0.6) is 0 Å². The number of aromatic nitrogens is 1. The molecule has 0 unspecified atom stereocenters. The topological polar surface area (TPSA) is 76.3 Å². The number of pyridine rings is 1. The van der Waals surface area contributed by atoms with Crippen LogP contribution in [0.4, 0.5) is 49.6 Å². The molecule has 0 aliphatic rings. The Balaban J connectivity index is 2.26. The highest BCUT2D eigenvalue weighted by molar-refractivity contribution is 9.10. The number of anilines is 1. The molecule has 3 aromatic rings. The lowest BCUT2D eigenvalue weighted by Crippen LogP contribution is -2.50. The Hall–Kier alpha value is -3.69. The molecule has 5 nitrogen and oxygen atoms in total. The van der Waals surface area contributed by atoms with Gasteiger partial charge in [0.25, 0.3) is 11.8 Å². The molecule has 0 bridgehead atoms. The third-order valence-corrected chi connectivity index (χ3v) is 6.28. The summed E-state index contributed by atoms with van der Waals surface area (Å²) in [5.41, 5.74) is -7.29. The molecular formula is C24H14BrF10N3O2. The Morgan fingerprint density at radius 3 is 1.93 bits per heavy atom. The zero-order chi connectivity index (χ0) is 30.4. The van der Waals surface area contributed by atoms with E-state index in [9.17, 15) is 53.5 Å². The first-order chi connectivity index (χ1) is 18.2. The highest BCUT2D eigenvalue weighted by Gasteiger charge is 2.73. The Morgan fingerprint density at radius 2 is 1.40 bits per heavy atom. The van der Waals surface area contributed by atoms with Gasteiger partial charge < -0.3 is 10.6 Å². The molecule has 0 saturated heterocycles. The number of halogens is 11. The summed E-state index contributed by atoms with van der Waals surface area (Å²) in [5.74, 6) is -2.24. The Bertz CT molecular complexity index is 1450. The van der Waals surface area contributed by atoms with Crippen LogP contribution in [-0.4, -0.2) is 36.2 Å². The van der Waals surface area contributed by atoms with Crippen LogP contribution in [0.2, 0.25) is 0 Å². The van der Waals surface area contributed by atoms with E-state index in [-0.39, 0.29) is 28.5 Å². The highest BCUT2D eigenvalue weighted by atomic mass is 79.9. The van der Waals surface area contributed by atoms with Gasteiger partial charge in [0.2, 0.25) is 0 Å². The van der Waals surface area contributed by atoms with Crippen LogP contribution in [-0.2, 0) is 11.8 Å². The lowest BCUT2D eigenvalue weighted by atomic mass is 9.91. The van der Waals surface area contributed by atoms with Crippen LogP contribution in [0, 0.1) is 0 Å². The summed E-state index contributed by atoms with van der Waals surface area (Å²) in [6.45, 7) is 0. The summed E-state index contributed by atoms with van der Waals surface area (Å²) < 4.78 is 135. The lowest BCUT2D eigenvalue weighted by molar-refractivity contribution is -0.348. The van der Waals surface area contributed by atoms with Crippen LogP contribution >= 0.6 is 15.9 Å². The van der Waals surface area contributed by atoms with E-state index in [1.807, 2.05) is 0 Å². The standard InChI is InChI=1S/C24H14BrF10N3O2/c1-38(20(40)14-6-3-2-5-12(14)13-7-4-8-37-17(13)19(36)39)18-15(22(27,28)29)9-11(10-16(18)25)21(26,23(30,31)32)24(33,34)35/h2-10H,1H3,(H2,36,39). The first kappa shape index (κ1) is 30.8. The molecule has 0 atom stereocenters. The molecule has 0 spiro atoms. The maximum atomic E-state index is 14.6. The molecule has 214 valence electrons. The lowest BCUT2D eigenvalue weighted by Gasteiger charge is -2.32. The fraction of sp³-hybridized carbons (Fsp3) is 0.208. The molecule has 0 radical (unpaired) electrons. The number of primary amides is 1. The smallest absolute Gasteiger partial charge is 0.364 e. The van der Waals surface area contributed by atoms with Gasteiger partial charge in [-0.15, -0.1) is 0 Å². The van der Waals surface area contributed by atoms with Crippen molar-refractivity contribution in [1.82, 2.24) is 4.98 Å². The van der Waals surface area contributed by atoms with Gasteiger partial charge in [-0.3, -0.25) is 14.6 Å². The molecule has 0 aliphatic carbocycles. The van der Waals surface area contributed by atoms with Crippen LogP contribution in [0.15, 0.2) is 59.2 Å². The zero-order valence-electron chi connectivity index (χ0n) is 19.6. The Labute approximate surface area is 226 Å². The number of hydrogen-bond acceptors (Lipinski definition) is 3. The minimum atomic E-state index is -6.68. The second-order valence-electron chi connectivity index (χ2n) is 8.18. The minimum absolute atomic E-state index is 0.00961. The van der Waals surface area contributed by atoms with Crippen molar-refractivity contribution >= 4 is 33.4 Å². The highest BCUT2D eigenvalue weighted by Crippen LogP contribution is 2.55. The third-order valence-electron chi connectivity index (χ3n) is 5.68. The normalized spacial score (nSPS) is 12.8. The molecule has 2 amide bonds. The number of hydrogen-bond donors (Lipinski definition) is 1. The van der Waals surface area contributed by atoms with Crippen molar-refractivity contribution < 1.29 is 53.5 Å². The monoisotopic (exact) mass is 645 g/mol. The number of benzene rings is 2. The second-order valence-corrected chi connectivity index (χ2v) is 9.03. The quantitative estimate of drug-likeness (QED) is 0.298. The fourth-order valence-electron chi connectivity index (χ4n) is 3.85. The number of carbonyl (C=O) groups excluding carboxylic acids is 2. The summed E-state index contributed by atoms with van der Waals surface area (Å²) in [7, 11) is 0.766. The molecule has 2 aromatic carbocycles. The van der Waals surface area contributed by atoms with Crippen LogP contribution < -0.4 is 10.6 Å². The first-order valence-corrected chi connectivity index (χ1v) is 11.4. The summed E-state index contributed by atoms with van der Waals surface area (Å²) in [6.07, 6.45) is -17.8. The molecule has 0 saturated carbocycles. The molecule has 2 N–H and O–H groups in total. The summed E-state index contributed by atoms with van der Waals surface area (Å²) in [5, 5.41) is 0.